The van der Waals surface area contributed by atoms with Crippen molar-refractivity contribution < 1.29 is 4.39 Å². The predicted octanol–water partition coefficient (Wildman–Crippen LogP) is 5.24. The maximum atomic E-state index is 14.2. The highest BCUT2D eigenvalue weighted by atomic mass is 19.1. The maximum Gasteiger partial charge on any atom is 0.130 e. The van der Waals surface area contributed by atoms with Crippen molar-refractivity contribution in [2.75, 3.05) is 4.90 Å². The molecule has 3 heteroatoms. The molecule has 0 fully saturated rings. The van der Waals surface area contributed by atoms with E-state index in [0.29, 0.717) is 5.56 Å². The molecule has 1 heterocycles. The monoisotopic (exact) mass is 282 g/mol. The normalized spacial score (nSPS) is 17.4. The van der Waals surface area contributed by atoms with E-state index in [-0.39, 0.29) is 11.9 Å². The number of halogens is 1. The Bertz CT molecular complexity index is 664. The Labute approximate surface area is 124 Å². The summed E-state index contributed by atoms with van der Waals surface area (Å²) in [5.74, 6) is 0.828. The minimum absolute atomic E-state index is 0.0531. The van der Waals surface area contributed by atoms with Crippen molar-refractivity contribution in [2.24, 2.45) is 4.99 Å². The van der Waals surface area contributed by atoms with Gasteiger partial charge in [0.2, 0.25) is 0 Å². The number of rotatable bonds is 3. The Balaban J connectivity index is 2.14. The topological polar surface area (TPSA) is 15.6 Å². The van der Waals surface area contributed by atoms with Crippen LogP contribution in [0.5, 0.6) is 0 Å². The van der Waals surface area contributed by atoms with Gasteiger partial charge >= 0.3 is 0 Å². The van der Waals surface area contributed by atoms with Gasteiger partial charge in [-0.15, -0.1) is 0 Å². The van der Waals surface area contributed by atoms with Gasteiger partial charge in [0, 0.05) is 17.7 Å². The lowest BCUT2D eigenvalue weighted by Gasteiger charge is -2.36. The van der Waals surface area contributed by atoms with E-state index in [0.717, 1.165) is 30.1 Å². The highest BCUT2D eigenvalue weighted by molar-refractivity contribution is 6.01. The summed E-state index contributed by atoms with van der Waals surface area (Å²) in [4.78, 5) is 6.85. The Morgan fingerprint density at radius 1 is 1.10 bits per heavy atom. The fourth-order valence-electron chi connectivity index (χ4n) is 2.94. The Hall–Kier alpha value is -2.16. The van der Waals surface area contributed by atoms with E-state index in [4.69, 9.17) is 4.99 Å². The van der Waals surface area contributed by atoms with Crippen molar-refractivity contribution in [3.05, 3.63) is 59.9 Å². The summed E-state index contributed by atoms with van der Waals surface area (Å²) in [6.45, 7) is 4.18. The van der Waals surface area contributed by atoms with Gasteiger partial charge in [0.1, 0.15) is 11.7 Å². The van der Waals surface area contributed by atoms with Crippen LogP contribution in [0.2, 0.25) is 0 Å². The summed E-state index contributed by atoms with van der Waals surface area (Å²) in [6.07, 6.45) is 1.90. The number of benzene rings is 2. The lowest BCUT2D eigenvalue weighted by molar-refractivity contribution is 0.589. The molecule has 1 atom stereocenters. The number of hydrogen-bond donors (Lipinski definition) is 0. The quantitative estimate of drug-likeness (QED) is 0.752. The van der Waals surface area contributed by atoms with Crippen LogP contribution >= 0.6 is 0 Å². The van der Waals surface area contributed by atoms with Gasteiger partial charge in [-0.2, -0.15) is 0 Å². The second-order valence-corrected chi connectivity index (χ2v) is 5.33. The molecule has 0 saturated carbocycles. The van der Waals surface area contributed by atoms with Gasteiger partial charge in [-0.25, -0.2) is 9.38 Å². The molecule has 0 saturated heterocycles. The Kier molecular flexibility index (Phi) is 3.74. The van der Waals surface area contributed by atoms with Gasteiger partial charge in [-0.05, 0) is 37.6 Å². The summed E-state index contributed by atoms with van der Waals surface area (Å²) < 4.78 is 14.2. The molecule has 2 aromatic rings. The lowest BCUT2D eigenvalue weighted by Crippen LogP contribution is -2.36. The highest BCUT2D eigenvalue weighted by Crippen LogP contribution is 2.39. The zero-order valence-corrected chi connectivity index (χ0v) is 12.4. The number of anilines is 1. The average Bonchev–Trinajstić information content (AvgIpc) is 2.48. The number of fused-ring (bicyclic) bond motifs is 1. The van der Waals surface area contributed by atoms with Crippen LogP contribution in [-0.4, -0.2) is 5.84 Å². The molecular formula is C18H19FN2. The summed E-state index contributed by atoms with van der Waals surface area (Å²) in [7, 11) is 0. The minimum atomic E-state index is -0.180. The third-order valence-corrected chi connectivity index (χ3v) is 3.87. The number of amidine groups is 1. The van der Waals surface area contributed by atoms with Gasteiger partial charge in [0.15, 0.2) is 0 Å². The maximum absolute atomic E-state index is 14.2. The van der Waals surface area contributed by atoms with Crippen molar-refractivity contribution in [1.82, 2.24) is 0 Å². The third kappa shape index (κ3) is 2.44. The van der Waals surface area contributed by atoms with Gasteiger partial charge in [-0.3, -0.25) is 0 Å². The molecule has 21 heavy (non-hydrogen) atoms. The largest absolute Gasteiger partial charge is 0.322 e. The van der Waals surface area contributed by atoms with Crippen molar-refractivity contribution in [3.63, 3.8) is 0 Å². The highest BCUT2D eigenvalue weighted by Gasteiger charge is 2.29. The molecule has 1 aliphatic rings. The van der Waals surface area contributed by atoms with E-state index in [2.05, 4.69) is 11.8 Å². The molecule has 2 aromatic carbocycles. The predicted molar refractivity (Wildman–Crippen MR) is 85.7 cm³/mol. The van der Waals surface area contributed by atoms with E-state index in [1.165, 1.54) is 6.07 Å². The fraction of sp³-hybridized carbons (Fsp3) is 0.278. The summed E-state index contributed by atoms with van der Waals surface area (Å²) in [5.41, 5.74) is 2.51. The number of para-hydroxylation sites is 1. The molecule has 1 aliphatic heterocycles. The molecule has 2 nitrogen and oxygen atoms in total. The molecule has 0 bridgehead atoms. The molecule has 108 valence electrons. The fourth-order valence-corrected chi connectivity index (χ4v) is 2.94. The molecule has 3 rings (SSSR count). The zero-order valence-electron chi connectivity index (χ0n) is 12.4. The molecule has 0 spiro atoms. The lowest BCUT2D eigenvalue weighted by atomic mass is 9.99. The average molecular weight is 282 g/mol. The van der Waals surface area contributed by atoms with Crippen LogP contribution in [0.3, 0.4) is 0 Å². The molecule has 0 N–H and O–H groups in total. The van der Waals surface area contributed by atoms with Crippen molar-refractivity contribution in [2.45, 2.75) is 32.7 Å². The van der Waals surface area contributed by atoms with Crippen LogP contribution in [0.15, 0.2) is 53.5 Å². The molecule has 1 unspecified atom stereocenters. The van der Waals surface area contributed by atoms with Crippen LogP contribution in [0.1, 0.15) is 38.3 Å². The van der Waals surface area contributed by atoms with Gasteiger partial charge < -0.3 is 4.90 Å². The summed E-state index contributed by atoms with van der Waals surface area (Å²) in [6, 6.07) is 15.2. The number of hydrogen-bond acceptors (Lipinski definition) is 2. The van der Waals surface area contributed by atoms with E-state index >= 15 is 0 Å². The Morgan fingerprint density at radius 2 is 1.86 bits per heavy atom. The first-order valence-corrected chi connectivity index (χ1v) is 7.42. The molecule has 0 amide bonds. The van der Waals surface area contributed by atoms with Gasteiger partial charge in [-0.1, -0.05) is 31.2 Å². The number of nitrogens with zero attached hydrogens (tertiary/aromatic N) is 2. The first-order chi connectivity index (χ1) is 10.2. The van der Waals surface area contributed by atoms with Gasteiger partial charge in [0.05, 0.1) is 11.7 Å². The van der Waals surface area contributed by atoms with Crippen LogP contribution < -0.4 is 4.90 Å². The van der Waals surface area contributed by atoms with Crippen LogP contribution in [0.4, 0.5) is 15.8 Å². The van der Waals surface area contributed by atoms with Crippen LogP contribution in [0, 0.1) is 5.82 Å². The third-order valence-electron chi connectivity index (χ3n) is 3.87. The Morgan fingerprint density at radius 3 is 2.57 bits per heavy atom. The standard InChI is InChI=1S/C18H19FN2/c1-3-8-17-20-16-12-7-11-15(19)18(16)13(2)21(17)14-9-5-4-6-10-14/h4-7,9-13H,3,8H2,1-2H3. The van der Waals surface area contributed by atoms with Crippen molar-refractivity contribution >= 4 is 17.2 Å². The molecule has 0 radical (unpaired) electrons. The van der Waals surface area contributed by atoms with Crippen LogP contribution in [0.25, 0.3) is 0 Å². The first kappa shape index (κ1) is 13.8. The molecular weight excluding hydrogens is 263 g/mol. The minimum Gasteiger partial charge on any atom is -0.322 e. The van der Waals surface area contributed by atoms with Crippen molar-refractivity contribution in [1.29, 1.82) is 0 Å². The SMILES string of the molecule is CCCC1=Nc2cccc(F)c2C(C)N1c1ccccc1. The van der Waals surface area contributed by atoms with Gasteiger partial charge in [0.25, 0.3) is 0 Å². The molecule has 0 aromatic heterocycles. The van der Waals surface area contributed by atoms with E-state index < -0.39 is 0 Å². The van der Waals surface area contributed by atoms with E-state index in [1.807, 2.05) is 43.3 Å². The van der Waals surface area contributed by atoms with Crippen LogP contribution in [-0.2, 0) is 0 Å². The summed E-state index contributed by atoms with van der Waals surface area (Å²) >= 11 is 0. The zero-order chi connectivity index (χ0) is 14.8. The number of aliphatic imine (C=N–C) groups is 1. The summed E-state index contributed by atoms with van der Waals surface area (Å²) in [5, 5.41) is 0. The smallest absolute Gasteiger partial charge is 0.130 e. The molecule has 0 aliphatic carbocycles. The second-order valence-electron chi connectivity index (χ2n) is 5.33. The van der Waals surface area contributed by atoms with Crippen molar-refractivity contribution in [3.8, 4) is 0 Å². The van der Waals surface area contributed by atoms with E-state index in [1.54, 1.807) is 6.07 Å². The first-order valence-electron chi connectivity index (χ1n) is 7.42. The second kappa shape index (κ2) is 5.68. The van der Waals surface area contributed by atoms with E-state index in [9.17, 15) is 4.39 Å².